The minimum atomic E-state index is -0.549. The largest absolute Gasteiger partial charge is 0.494 e. The first-order valence-electron chi connectivity index (χ1n) is 10.9. The Hall–Kier alpha value is -4.02. The molecule has 0 aromatic heterocycles. The molecule has 0 bridgehead atoms. The van der Waals surface area contributed by atoms with Gasteiger partial charge in [-0.1, -0.05) is 60.3 Å². The summed E-state index contributed by atoms with van der Waals surface area (Å²) in [7, 11) is 0. The van der Waals surface area contributed by atoms with E-state index in [1.165, 1.54) is 16.7 Å². The van der Waals surface area contributed by atoms with E-state index in [9.17, 15) is 14.9 Å². The molecule has 1 aliphatic heterocycles. The van der Waals surface area contributed by atoms with Gasteiger partial charge in [0.25, 0.3) is 5.91 Å². The third kappa shape index (κ3) is 5.13. The number of anilines is 2. The van der Waals surface area contributed by atoms with Gasteiger partial charge in [-0.15, -0.1) is 0 Å². The molecular formula is C27H23N3O3S. The van der Waals surface area contributed by atoms with E-state index < -0.39 is 11.2 Å². The Labute approximate surface area is 202 Å². The van der Waals surface area contributed by atoms with Crippen LogP contribution in [0.15, 0.2) is 95.5 Å². The van der Waals surface area contributed by atoms with Gasteiger partial charge in [-0.25, -0.2) is 0 Å². The van der Waals surface area contributed by atoms with Gasteiger partial charge in [-0.2, -0.15) is 5.26 Å². The molecule has 0 aliphatic carbocycles. The molecule has 0 spiro atoms. The Kier molecular flexibility index (Phi) is 7.31. The van der Waals surface area contributed by atoms with Crippen molar-refractivity contribution in [3.8, 4) is 11.8 Å². The highest BCUT2D eigenvalue weighted by molar-refractivity contribution is 8.05. The van der Waals surface area contributed by atoms with Crippen LogP contribution < -0.4 is 15.0 Å². The number of ether oxygens (including phenoxy) is 1. The number of carbonyl (C=O) groups excluding carboxylic acids is 2. The predicted octanol–water partition coefficient (Wildman–Crippen LogP) is 5.15. The van der Waals surface area contributed by atoms with Crippen LogP contribution in [0.4, 0.5) is 11.4 Å². The van der Waals surface area contributed by atoms with Gasteiger partial charge < -0.3 is 10.1 Å². The average molecular weight is 470 g/mol. The fraction of sp³-hybridized carbons (Fsp3) is 0.148. The van der Waals surface area contributed by atoms with Gasteiger partial charge in [0, 0.05) is 11.4 Å². The summed E-state index contributed by atoms with van der Waals surface area (Å²) in [5.74, 6) is 0.0551. The number of nitrogens with one attached hydrogen (secondary N) is 1. The van der Waals surface area contributed by atoms with E-state index in [1.807, 2.05) is 61.5 Å². The van der Waals surface area contributed by atoms with E-state index in [1.54, 1.807) is 36.4 Å². The fourth-order valence-electron chi connectivity index (χ4n) is 3.62. The topological polar surface area (TPSA) is 82.4 Å². The highest BCUT2D eigenvalue weighted by Gasteiger charge is 2.40. The molecule has 1 heterocycles. The van der Waals surface area contributed by atoms with Crippen LogP contribution in [-0.4, -0.2) is 23.7 Å². The molecule has 6 nitrogen and oxygen atoms in total. The Morgan fingerprint density at radius 2 is 1.68 bits per heavy atom. The molecule has 2 amide bonds. The number of benzene rings is 3. The summed E-state index contributed by atoms with van der Waals surface area (Å²) in [5.41, 5.74) is 2.06. The van der Waals surface area contributed by atoms with Gasteiger partial charge >= 0.3 is 0 Å². The molecule has 3 aromatic rings. The number of thioether (sulfide) groups is 1. The highest BCUT2D eigenvalue weighted by atomic mass is 32.2. The van der Waals surface area contributed by atoms with Crippen LogP contribution in [0, 0.1) is 11.3 Å². The van der Waals surface area contributed by atoms with Crippen molar-refractivity contribution in [3.63, 3.8) is 0 Å². The van der Waals surface area contributed by atoms with E-state index in [2.05, 4.69) is 5.32 Å². The van der Waals surface area contributed by atoms with E-state index in [-0.39, 0.29) is 11.5 Å². The maximum Gasteiger partial charge on any atom is 0.269 e. The molecule has 1 aliphatic rings. The number of rotatable bonds is 7. The second kappa shape index (κ2) is 10.7. The van der Waals surface area contributed by atoms with E-state index in [0.717, 1.165) is 11.3 Å². The van der Waals surface area contributed by atoms with E-state index >= 15 is 0 Å². The first-order valence-corrected chi connectivity index (χ1v) is 11.8. The van der Waals surface area contributed by atoms with Gasteiger partial charge in [-0.3, -0.25) is 14.5 Å². The normalized spacial score (nSPS) is 16.6. The van der Waals surface area contributed by atoms with Gasteiger partial charge in [0.05, 0.1) is 11.9 Å². The molecule has 4 rings (SSSR count). The highest BCUT2D eigenvalue weighted by Crippen LogP contribution is 2.42. The number of carbonyl (C=O) groups is 2. The summed E-state index contributed by atoms with van der Waals surface area (Å²) in [4.78, 5) is 28.0. The molecule has 7 heteroatoms. The number of hydrogen-bond donors (Lipinski definition) is 1. The van der Waals surface area contributed by atoms with Crippen LogP contribution >= 0.6 is 11.8 Å². The lowest BCUT2D eigenvalue weighted by atomic mass is 10.1. The Morgan fingerprint density at radius 3 is 2.29 bits per heavy atom. The first-order chi connectivity index (χ1) is 16.6. The molecule has 170 valence electrons. The van der Waals surface area contributed by atoms with Crippen LogP contribution in [0.2, 0.25) is 0 Å². The Morgan fingerprint density at radius 1 is 1.03 bits per heavy atom. The lowest BCUT2D eigenvalue weighted by Gasteiger charge is -2.18. The molecule has 34 heavy (non-hydrogen) atoms. The number of para-hydroxylation sites is 2. The van der Waals surface area contributed by atoms with Crippen molar-refractivity contribution in [2.45, 2.75) is 18.6 Å². The summed E-state index contributed by atoms with van der Waals surface area (Å²) < 4.78 is 5.50. The van der Waals surface area contributed by atoms with Crippen molar-refractivity contribution in [1.82, 2.24) is 0 Å². The third-order valence-corrected chi connectivity index (χ3v) is 6.47. The first kappa shape index (κ1) is 23.1. The third-order valence-electron chi connectivity index (χ3n) is 5.21. The summed E-state index contributed by atoms with van der Waals surface area (Å²) in [6.45, 7) is 2.51. The smallest absolute Gasteiger partial charge is 0.269 e. The van der Waals surface area contributed by atoms with Crippen molar-refractivity contribution in [2.75, 3.05) is 16.8 Å². The van der Waals surface area contributed by atoms with E-state index in [4.69, 9.17) is 4.74 Å². The number of nitriles is 1. The van der Waals surface area contributed by atoms with Gasteiger partial charge in [0.1, 0.15) is 22.4 Å². The summed E-state index contributed by atoms with van der Waals surface area (Å²) in [5, 5.41) is 12.5. The molecule has 0 unspecified atom stereocenters. The predicted molar refractivity (Wildman–Crippen MR) is 134 cm³/mol. The average Bonchev–Trinajstić information content (AvgIpc) is 3.17. The molecule has 0 radical (unpaired) electrons. The van der Waals surface area contributed by atoms with Crippen LogP contribution in [0.1, 0.15) is 12.5 Å². The zero-order chi connectivity index (χ0) is 23.9. The second-order valence-corrected chi connectivity index (χ2v) is 8.70. The molecular weight excluding hydrogens is 446 g/mol. The summed E-state index contributed by atoms with van der Waals surface area (Å²) in [6, 6.07) is 27.6. The van der Waals surface area contributed by atoms with Gasteiger partial charge in [0.2, 0.25) is 5.91 Å². The zero-order valence-electron chi connectivity index (χ0n) is 18.6. The van der Waals surface area contributed by atoms with Crippen LogP contribution in [0.25, 0.3) is 0 Å². The zero-order valence-corrected chi connectivity index (χ0v) is 19.4. The Bertz CT molecular complexity index is 1240. The standard InChI is InChI=1S/C27H23N3O3S/c1-2-33-22-15-13-19(14-16-22)17-24-26(32)30(21-11-7-4-8-12-21)27(34-24)23(18-28)25(31)29-20-9-5-3-6-10-20/h3-16,24H,2,17H2,1H3,(H,29,31)/b27-23-/t24-/m1/s1. The number of nitrogens with zero attached hydrogens (tertiary/aromatic N) is 2. The summed E-state index contributed by atoms with van der Waals surface area (Å²) >= 11 is 1.24. The maximum absolute atomic E-state index is 13.5. The van der Waals surface area contributed by atoms with Crippen molar-refractivity contribution in [1.29, 1.82) is 5.26 Å². The maximum atomic E-state index is 13.5. The van der Waals surface area contributed by atoms with Gasteiger partial charge in [-0.05, 0) is 55.3 Å². The van der Waals surface area contributed by atoms with E-state index in [0.29, 0.717) is 29.4 Å². The molecule has 0 saturated carbocycles. The summed E-state index contributed by atoms with van der Waals surface area (Å²) in [6.07, 6.45) is 0.460. The molecule has 1 atom stereocenters. The van der Waals surface area contributed by atoms with Crippen molar-refractivity contribution < 1.29 is 14.3 Å². The fourth-order valence-corrected chi connectivity index (χ4v) is 4.92. The monoisotopic (exact) mass is 469 g/mol. The molecule has 1 saturated heterocycles. The number of hydrogen-bond acceptors (Lipinski definition) is 5. The van der Waals surface area contributed by atoms with Crippen molar-refractivity contribution in [2.24, 2.45) is 0 Å². The molecule has 3 aromatic carbocycles. The quantitative estimate of drug-likeness (QED) is 0.382. The lowest BCUT2D eigenvalue weighted by molar-refractivity contribution is -0.117. The SMILES string of the molecule is CCOc1ccc(C[C@H]2S/C(=C(/C#N)C(=O)Nc3ccccc3)N(c3ccccc3)C2=O)cc1. The van der Waals surface area contributed by atoms with Crippen molar-refractivity contribution in [3.05, 3.63) is 101 Å². The minimum absolute atomic E-state index is 0.0970. The van der Waals surface area contributed by atoms with Crippen LogP contribution in [0.3, 0.4) is 0 Å². The second-order valence-electron chi connectivity index (χ2n) is 7.51. The lowest BCUT2D eigenvalue weighted by Crippen LogP contribution is -2.30. The molecule has 1 fully saturated rings. The van der Waals surface area contributed by atoms with Gasteiger partial charge in [0.15, 0.2) is 0 Å². The van der Waals surface area contributed by atoms with Crippen LogP contribution in [0.5, 0.6) is 5.75 Å². The number of amides is 2. The minimum Gasteiger partial charge on any atom is -0.494 e. The molecule has 1 N–H and O–H groups in total. The van der Waals surface area contributed by atoms with Crippen molar-refractivity contribution >= 4 is 35.0 Å². The Balaban J connectivity index is 1.66. The van der Waals surface area contributed by atoms with Crippen LogP contribution in [-0.2, 0) is 16.0 Å².